The second kappa shape index (κ2) is 10.4. The van der Waals surface area contributed by atoms with E-state index < -0.39 is 5.97 Å². The first-order chi connectivity index (χ1) is 16.5. The highest BCUT2D eigenvalue weighted by Crippen LogP contribution is 2.21. The number of aryl methyl sites for hydroxylation is 1. The minimum atomic E-state index is -1.15. The lowest BCUT2D eigenvalue weighted by Crippen LogP contribution is -2.12. The van der Waals surface area contributed by atoms with E-state index in [1.54, 1.807) is 43.3 Å². The van der Waals surface area contributed by atoms with Gasteiger partial charge in [-0.25, -0.2) is 9.78 Å². The average molecular weight is 453 g/mol. The van der Waals surface area contributed by atoms with E-state index in [2.05, 4.69) is 27.4 Å². The van der Waals surface area contributed by atoms with Gasteiger partial charge in [0.25, 0.3) is 5.91 Å². The molecule has 0 saturated carbocycles. The zero-order valence-corrected chi connectivity index (χ0v) is 18.6. The van der Waals surface area contributed by atoms with Crippen molar-refractivity contribution in [2.24, 2.45) is 0 Å². The first kappa shape index (κ1) is 22.7. The topological polar surface area (TPSA) is 101 Å². The monoisotopic (exact) mass is 453 g/mol. The first-order valence-corrected chi connectivity index (χ1v) is 10.7. The van der Waals surface area contributed by atoms with Gasteiger partial charge in [0, 0.05) is 23.2 Å². The van der Waals surface area contributed by atoms with Crippen LogP contribution in [0.2, 0.25) is 0 Å². The van der Waals surface area contributed by atoms with Gasteiger partial charge in [0.05, 0.1) is 24.2 Å². The molecule has 34 heavy (non-hydrogen) atoms. The predicted octanol–water partition coefficient (Wildman–Crippen LogP) is 5.02. The summed E-state index contributed by atoms with van der Waals surface area (Å²) in [5.74, 6) is -0.713. The fraction of sp³-hybridized carbons (Fsp3) is 0.111. The zero-order chi connectivity index (χ0) is 23.9. The Morgan fingerprint density at radius 2 is 1.74 bits per heavy atom. The lowest BCUT2D eigenvalue weighted by Gasteiger charge is -2.10. The van der Waals surface area contributed by atoms with Crippen LogP contribution >= 0.6 is 0 Å². The summed E-state index contributed by atoms with van der Waals surface area (Å²) >= 11 is 0. The number of hydrogen-bond donors (Lipinski definition) is 2. The van der Waals surface area contributed by atoms with Gasteiger partial charge in [0.2, 0.25) is 0 Å². The maximum atomic E-state index is 12.8. The lowest BCUT2D eigenvalue weighted by atomic mass is 10.1. The van der Waals surface area contributed by atoms with Gasteiger partial charge in [0.15, 0.2) is 5.69 Å². The van der Waals surface area contributed by atoms with Crippen LogP contribution in [0.5, 0.6) is 5.75 Å². The van der Waals surface area contributed by atoms with Crippen LogP contribution < -0.4 is 10.1 Å². The molecule has 0 radical (unpaired) electrons. The van der Waals surface area contributed by atoms with Gasteiger partial charge in [-0.2, -0.15) is 0 Å². The Morgan fingerprint density at radius 1 is 0.971 bits per heavy atom. The minimum Gasteiger partial charge on any atom is -0.493 e. The van der Waals surface area contributed by atoms with Crippen LogP contribution in [0.25, 0.3) is 11.3 Å². The molecule has 3 aromatic carbocycles. The molecule has 7 nitrogen and oxygen atoms in total. The highest BCUT2D eigenvalue weighted by atomic mass is 16.5. The van der Waals surface area contributed by atoms with Crippen LogP contribution in [0.4, 0.5) is 5.69 Å². The molecule has 4 aromatic rings. The number of hydrogen-bond acceptors (Lipinski definition) is 5. The second-order valence-corrected chi connectivity index (χ2v) is 7.64. The van der Waals surface area contributed by atoms with Crippen molar-refractivity contribution in [1.29, 1.82) is 0 Å². The number of amides is 1. The molecule has 0 aliphatic carbocycles. The van der Waals surface area contributed by atoms with Crippen molar-refractivity contribution >= 4 is 17.6 Å². The highest BCUT2D eigenvalue weighted by molar-refractivity contribution is 6.05. The minimum absolute atomic E-state index is 0.113. The fourth-order valence-corrected chi connectivity index (χ4v) is 3.38. The number of carboxylic acids is 1. The van der Waals surface area contributed by atoms with Gasteiger partial charge in [0.1, 0.15) is 5.75 Å². The second-order valence-electron chi connectivity index (χ2n) is 7.64. The van der Waals surface area contributed by atoms with E-state index in [4.69, 9.17) is 4.74 Å². The van der Waals surface area contributed by atoms with Crippen LogP contribution in [0.3, 0.4) is 0 Å². The van der Waals surface area contributed by atoms with E-state index in [1.807, 2.05) is 30.3 Å². The first-order valence-electron chi connectivity index (χ1n) is 10.7. The quantitative estimate of drug-likeness (QED) is 0.388. The van der Waals surface area contributed by atoms with Gasteiger partial charge in [-0.05, 0) is 48.9 Å². The highest BCUT2D eigenvalue weighted by Gasteiger charge is 2.14. The molecule has 1 amide bonds. The van der Waals surface area contributed by atoms with E-state index in [0.29, 0.717) is 34.8 Å². The Labute approximate surface area is 197 Å². The van der Waals surface area contributed by atoms with Crippen LogP contribution in [0.1, 0.15) is 32.1 Å². The van der Waals surface area contributed by atoms with Crippen molar-refractivity contribution < 1.29 is 19.4 Å². The van der Waals surface area contributed by atoms with E-state index >= 15 is 0 Å². The van der Waals surface area contributed by atoms with Crippen molar-refractivity contribution in [1.82, 2.24) is 9.97 Å². The normalized spacial score (nSPS) is 10.5. The molecule has 7 heteroatoms. The molecule has 1 heterocycles. The van der Waals surface area contributed by atoms with Gasteiger partial charge in [-0.15, -0.1) is 0 Å². The molecule has 0 unspecified atom stereocenters. The Bertz CT molecular complexity index is 1310. The number of aromatic nitrogens is 2. The molecular weight excluding hydrogens is 430 g/mol. The van der Waals surface area contributed by atoms with Gasteiger partial charge < -0.3 is 15.2 Å². The number of benzene rings is 3. The molecule has 0 saturated heterocycles. The molecule has 0 fully saturated rings. The third-order valence-electron chi connectivity index (χ3n) is 5.19. The largest absolute Gasteiger partial charge is 0.493 e. The Kier molecular flexibility index (Phi) is 6.93. The molecule has 0 aliphatic heterocycles. The fourth-order valence-electron chi connectivity index (χ4n) is 3.38. The standard InChI is InChI=1S/C27H23N3O4/c1-18-25(27(32)33)30-24(17-28-18)20-8-5-9-21(16-20)26(31)29-22-10-12-23(13-11-22)34-15-14-19-6-3-2-4-7-19/h2-13,16-17H,14-15H2,1H3,(H,29,31)(H,32,33). The molecule has 0 spiro atoms. The number of nitrogens with one attached hydrogen (secondary N) is 1. The number of anilines is 1. The number of carboxylic acid groups (broad SMARTS) is 1. The van der Waals surface area contributed by atoms with Crippen molar-refractivity contribution in [2.45, 2.75) is 13.3 Å². The number of carbonyl (C=O) groups is 2. The predicted molar refractivity (Wildman–Crippen MR) is 129 cm³/mol. The van der Waals surface area contributed by atoms with E-state index in [-0.39, 0.29) is 11.6 Å². The van der Waals surface area contributed by atoms with Crippen molar-refractivity contribution in [3.8, 4) is 17.0 Å². The summed E-state index contributed by atoms with van der Waals surface area (Å²) in [5.41, 5.74) is 3.47. The molecule has 0 aliphatic rings. The molecule has 1 aromatic heterocycles. The summed E-state index contributed by atoms with van der Waals surface area (Å²) < 4.78 is 5.79. The van der Waals surface area contributed by atoms with Crippen molar-refractivity contribution in [2.75, 3.05) is 11.9 Å². The lowest BCUT2D eigenvalue weighted by molar-refractivity contribution is 0.0689. The van der Waals surface area contributed by atoms with Gasteiger partial charge >= 0.3 is 5.97 Å². The van der Waals surface area contributed by atoms with Gasteiger partial charge in [-0.1, -0.05) is 42.5 Å². The Hall–Kier alpha value is -4.52. The maximum Gasteiger partial charge on any atom is 0.356 e. The third-order valence-corrected chi connectivity index (χ3v) is 5.19. The summed E-state index contributed by atoms with van der Waals surface area (Å²) in [6, 6.07) is 24.1. The number of nitrogens with zero attached hydrogens (tertiary/aromatic N) is 2. The van der Waals surface area contributed by atoms with Crippen LogP contribution in [0, 0.1) is 6.92 Å². The van der Waals surface area contributed by atoms with Crippen LogP contribution in [-0.4, -0.2) is 33.6 Å². The molecular formula is C27H23N3O4. The van der Waals surface area contributed by atoms with Crippen LogP contribution in [0.15, 0.2) is 85.1 Å². The molecule has 0 bridgehead atoms. The third kappa shape index (κ3) is 5.63. The Balaban J connectivity index is 1.39. The van der Waals surface area contributed by atoms with E-state index in [0.717, 1.165) is 12.2 Å². The SMILES string of the molecule is Cc1ncc(-c2cccc(C(=O)Nc3ccc(OCCc4ccccc4)cc3)c2)nc1C(=O)O. The van der Waals surface area contributed by atoms with E-state index in [9.17, 15) is 14.7 Å². The average Bonchev–Trinajstić information content (AvgIpc) is 2.86. The number of rotatable bonds is 8. The smallest absolute Gasteiger partial charge is 0.356 e. The zero-order valence-electron chi connectivity index (χ0n) is 18.6. The summed E-state index contributed by atoms with van der Waals surface area (Å²) in [7, 11) is 0. The molecule has 0 atom stereocenters. The number of ether oxygens (including phenoxy) is 1. The maximum absolute atomic E-state index is 12.8. The van der Waals surface area contributed by atoms with Gasteiger partial charge in [-0.3, -0.25) is 9.78 Å². The summed E-state index contributed by atoms with van der Waals surface area (Å²) in [6.45, 7) is 2.15. The molecule has 170 valence electrons. The molecule has 4 rings (SSSR count). The summed E-state index contributed by atoms with van der Waals surface area (Å²) in [6.07, 6.45) is 2.31. The molecule has 2 N–H and O–H groups in total. The van der Waals surface area contributed by atoms with E-state index in [1.165, 1.54) is 11.8 Å². The Morgan fingerprint density at radius 3 is 2.47 bits per heavy atom. The van der Waals surface area contributed by atoms with Crippen molar-refractivity contribution in [3.05, 3.63) is 108 Å². The summed E-state index contributed by atoms with van der Waals surface area (Å²) in [4.78, 5) is 32.4. The summed E-state index contributed by atoms with van der Waals surface area (Å²) in [5, 5.41) is 12.1. The van der Waals surface area contributed by atoms with Crippen molar-refractivity contribution in [3.63, 3.8) is 0 Å². The number of carbonyl (C=O) groups excluding carboxylic acids is 1. The number of aromatic carboxylic acids is 1. The van der Waals surface area contributed by atoms with Crippen LogP contribution in [-0.2, 0) is 6.42 Å².